The first-order valence-electron chi connectivity index (χ1n) is 7.59. The van der Waals surface area contributed by atoms with Crippen molar-refractivity contribution in [3.05, 3.63) is 58.9 Å². The third kappa shape index (κ3) is 3.84. The molecule has 3 rings (SSSR count). The molecule has 8 heteroatoms. The molecule has 0 saturated heterocycles. The quantitative estimate of drug-likeness (QED) is 0.832. The van der Waals surface area contributed by atoms with Crippen LogP contribution in [0.5, 0.6) is 0 Å². The van der Waals surface area contributed by atoms with E-state index in [1.54, 1.807) is 12.1 Å². The van der Waals surface area contributed by atoms with Crippen molar-refractivity contribution < 1.29 is 17.6 Å². The van der Waals surface area contributed by atoms with E-state index in [0.29, 0.717) is 24.1 Å². The van der Waals surface area contributed by atoms with Crippen LogP contribution >= 0.6 is 11.6 Å². The molecule has 2 N–H and O–H groups in total. The summed E-state index contributed by atoms with van der Waals surface area (Å²) in [5.74, 6) is -0.718. The molecule has 132 valence electrons. The summed E-state index contributed by atoms with van der Waals surface area (Å²) >= 11 is 6.05. The van der Waals surface area contributed by atoms with E-state index >= 15 is 0 Å². The highest BCUT2D eigenvalue weighted by Crippen LogP contribution is 2.46. The monoisotopic (exact) mass is 382 g/mol. The van der Waals surface area contributed by atoms with Crippen molar-refractivity contribution in [1.29, 1.82) is 0 Å². The highest BCUT2D eigenvalue weighted by Gasteiger charge is 2.47. The molecule has 0 atom stereocenters. The molecule has 25 heavy (non-hydrogen) atoms. The molecule has 0 spiro atoms. The third-order valence-electron chi connectivity index (χ3n) is 4.02. The van der Waals surface area contributed by atoms with Crippen molar-refractivity contribution in [3.63, 3.8) is 0 Å². The maximum Gasteiger partial charge on any atom is 0.241 e. The molecule has 5 nitrogen and oxygen atoms in total. The fourth-order valence-corrected chi connectivity index (χ4v) is 4.40. The predicted molar refractivity (Wildman–Crippen MR) is 93.4 cm³/mol. The number of hydrogen-bond acceptors (Lipinski definition) is 3. The molecule has 0 aliphatic heterocycles. The minimum atomic E-state index is -3.85. The summed E-state index contributed by atoms with van der Waals surface area (Å²) in [6, 6.07) is 9.97. The summed E-state index contributed by atoms with van der Waals surface area (Å²) in [5.41, 5.74) is 0.139. The maximum absolute atomic E-state index is 13.5. The Morgan fingerprint density at radius 2 is 1.92 bits per heavy atom. The van der Waals surface area contributed by atoms with Crippen LogP contribution in [0, 0.1) is 5.82 Å². The van der Waals surface area contributed by atoms with Gasteiger partial charge in [-0.15, -0.1) is 0 Å². The van der Waals surface area contributed by atoms with Crippen LogP contribution in [0.2, 0.25) is 5.02 Å². The van der Waals surface area contributed by atoms with Crippen molar-refractivity contribution in [2.75, 3.05) is 5.32 Å². The van der Waals surface area contributed by atoms with Crippen molar-refractivity contribution >= 4 is 33.2 Å². The predicted octanol–water partition coefficient (Wildman–Crippen LogP) is 3.41. The van der Waals surface area contributed by atoms with E-state index in [4.69, 9.17) is 11.6 Å². The van der Waals surface area contributed by atoms with Crippen LogP contribution in [0.4, 0.5) is 10.1 Å². The highest BCUT2D eigenvalue weighted by atomic mass is 35.5. The van der Waals surface area contributed by atoms with Gasteiger partial charge in [0.1, 0.15) is 5.82 Å². The summed E-state index contributed by atoms with van der Waals surface area (Å²) in [7, 11) is -3.85. The minimum absolute atomic E-state index is 0.0192. The lowest BCUT2D eigenvalue weighted by molar-refractivity contribution is -0.114. The van der Waals surface area contributed by atoms with Gasteiger partial charge in [-0.05, 0) is 48.7 Å². The van der Waals surface area contributed by atoms with Gasteiger partial charge in [0.15, 0.2) is 0 Å². The zero-order valence-corrected chi connectivity index (χ0v) is 14.9. The molecular weight excluding hydrogens is 367 g/mol. The largest absolute Gasteiger partial charge is 0.325 e. The first kappa shape index (κ1) is 17.8. The van der Waals surface area contributed by atoms with Crippen molar-refractivity contribution in [1.82, 2.24) is 4.72 Å². The second kappa shape index (κ2) is 6.40. The number of carbonyl (C=O) groups is 1. The molecule has 0 heterocycles. The van der Waals surface area contributed by atoms with Gasteiger partial charge in [-0.2, -0.15) is 0 Å². The number of halogens is 2. The fraction of sp³-hybridized carbons (Fsp3) is 0.235. The standard InChI is InChI=1S/C17H16ClFN2O3S/c1-11(22)20-16-6-5-14(10-15(16)18)25(23,24)21-17(7-8-17)12-3-2-4-13(19)9-12/h2-6,9-10,21H,7-8H2,1H3,(H,20,22). The van der Waals surface area contributed by atoms with Gasteiger partial charge in [-0.1, -0.05) is 23.7 Å². The van der Waals surface area contributed by atoms with Crippen LogP contribution in [-0.2, 0) is 20.4 Å². The normalized spacial score (nSPS) is 15.6. The van der Waals surface area contributed by atoms with Gasteiger partial charge in [0, 0.05) is 6.92 Å². The number of benzene rings is 2. The highest BCUT2D eigenvalue weighted by molar-refractivity contribution is 7.89. The van der Waals surface area contributed by atoms with E-state index < -0.39 is 21.4 Å². The summed E-state index contributed by atoms with van der Waals surface area (Å²) in [4.78, 5) is 11.1. The van der Waals surface area contributed by atoms with Crippen LogP contribution in [0.25, 0.3) is 0 Å². The Morgan fingerprint density at radius 3 is 2.48 bits per heavy atom. The molecule has 0 radical (unpaired) electrons. The van der Waals surface area contributed by atoms with Crippen LogP contribution in [0.1, 0.15) is 25.3 Å². The number of carbonyl (C=O) groups excluding carboxylic acids is 1. The smallest absolute Gasteiger partial charge is 0.241 e. The van der Waals surface area contributed by atoms with E-state index in [9.17, 15) is 17.6 Å². The van der Waals surface area contributed by atoms with Crippen LogP contribution < -0.4 is 10.0 Å². The number of amides is 1. The first-order chi connectivity index (χ1) is 11.7. The van der Waals surface area contributed by atoms with Gasteiger partial charge in [0.2, 0.25) is 15.9 Å². The molecule has 1 saturated carbocycles. The Balaban J connectivity index is 1.87. The van der Waals surface area contributed by atoms with Gasteiger partial charge in [-0.25, -0.2) is 17.5 Å². The van der Waals surface area contributed by atoms with E-state index in [1.807, 2.05) is 0 Å². The van der Waals surface area contributed by atoms with Gasteiger partial charge in [0.25, 0.3) is 0 Å². The molecular formula is C17H16ClFN2O3S. The number of hydrogen-bond donors (Lipinski definition) is 2. The third-order valence-corrected chi connectivity index (χ3v) is 5.87. The van der Waals surface area contributed by atoms with Crippen LogP contribution in [0.15, 0.2) is 47.4 Å². The van der Waals surface area contributed by atoms with Crippen molar-refractivity contribution in [2.45, 2.75) is 30.2 Å². The second-order valence-corrected chi connectivity index (χ2v) is 8.11. The average Bonchev–Trinajstić information content (AvgIpc) is 3.29. The topological polar surface area (TPSA) is 75.3 Å². The van der Waals surface area contributed by atoms with Gasteiger partial charge < -0.3 is 5.32 Å². The molecule has 0 bridgehead atoms. The SMILES string of the molecule is CC(=O)Nc1ccc(S(=O)(=O)NC2(c3cccc(F)c3)CC2)cc1Cl. The maximum atomic E-state index is 13.5. The van der Waals surface area contributed by atoms with E-state index in [0.717, 1.165) is 0 Å². The lowest BCUT2D eigenvalue weighted by Gasteiger charge is -2.18. The van der Waals surface area contributed by atoms with Gasteiger partial charge in [-0.3, -0.25) is 4.79 Å². The summed E-state index contributed by atoms with van der Waals surface area (Å²) in [6.45, 7) is 1.33. The number of rotatable bonds is 5. The van der Waals surface area contributed by atoms with Crippen molar-refractivity contribution in [3.8, 4) is 0 Å². The molecule has 0 unspecified atom stereocenters. The lowest BCUT2D eigenvalue weighted by Crippen LogP contribution is -2.34. The summed E-state index contributed by atoms with van der Waals surface area (Å²) in [6.07, 6.45) is 1.18. The van der Waals surface area contributed by atoms with Crippen LogP contribution in [0.3, 0.4) is 0 Å². The lowest BCUT2D eigenvalue weighted by atomic mass is 10.1. The molecule has 0 aromatic heterocycles. The Bertz CT molecular complexity index is 943. The number of nitrogens with one attached hydrogen (secondary N) is 2. The Kier molecular flexibility index (Phi) is 4.57. The minimum Gasteiger partial charge on any atom is -0.325 e. The second-order valence-electron chi connectivity index (χ2n) is 6.02. The first-order valence-corrected chi connectivity index (χ1v) is 9.45. The zero-order chi connectivity index (χ0) is 18.2. The van der Waals surface area contributed by atoms with E-state index in [-0.39, 0.29) is 15.8 Å². The molecule has 1 amide bonds. The van der Waals surface area contributed by atoms with Crippen molar-refractivity contribution in [2.24, 2.45) is 0 Å². The molecule has 1 aliphatic rings. The molecule has 2 aromatic rings. The summed E-state index contributed by atoms with van der Waals surface area (Å²) in [5, 5.41) is 2.64. The Hall–Kier alpha value is -1.96. The average molecular weight is 383 g/mol. The Labute approximate surface area is 150 Å². The summed E-state index contributed by atoms with van der Waals surface area (Å²) < 4.78 is 41.5. The van der Waals surface area contributed by atoms with Gasteiger partial charge in [0.05, 0.1) is 21.1 Å². The number of anilines is 1. The molecule has 1 aliphatic carbocycles. The zero-order valence-electron chi connectivity index (χ0n) is 13.3. The molecule has 2 aromatic carbocycles. The van der Waals surface area contributed by atoms with E-state index in [2.05, 4.69) is 10.0 Å². The van der Waals surface area contributed by atoms with Gasteiger partial charge >= 0.3 is 0 Å². The fourth-order valence-electron chi connectivity index (χ4n) is 2.63. The van der Waals surface area contributed by atoms with E-state index in [1.165, 1.54) is 37.3 Å². The Morgan fingerprint density at radius 1 is 1.20 bits per heavy atom. The molecule has 1 fully saturated rings. The van der Waals surface area contributed by atoms with Crippen LogP contribution in [-0.4, -0.2) is 14.3 Å². The number of sulfonamides is 1.